The second-order valence-electron chi connectivity index (χ2n) is 4.84. The number of hydrogen-bond donors (Lipinski definition) is 2. The summed E-state index contributed by atoms with van der Waals surface area (Å²) in [6.45, 7) is 6.09. The molecule has 134 valence electrons. The van der Waals surface area contributed by atoms with Crippen molar-refractivity contribution in [2.24, 2.45) is 0 Å². The zero-order valence-electron chi connectivity index (χ0n) is 13.1. The molecular formula is C16H15Cl3N2O3S. The topological polar surface area (TPSA) is 67.4 Å². The molecule has 0 bridgehead atoms. The van der Waals surface area contributed by atoms with Crippen LogP contribution in [0.5, 0.6) is 5.75 Å². The summed E-state index contributed by atoms with van der Waals surface area (Å²) in [4.78, 5) is 2.30. The van der Waals surface area contributed by atoms with Gasteiger partial charge >= 0.3 is 0 Å². The molecule has 0 aliphatic rings. The van der Waals surface area contributed by atoms with Gasteiger partial charge in [-0.1, -0.05) is 41.4 Å². The first kappa shape index (κ1) is 19.9. The van der Waals surface area contributed by atoms with E-state index in [2.05, 4.69) is 16.8 Å². The fourth-order valence-electron chi connectivity index (χ4n) is 1.90. The molecule has 9 heteroatoms. The lowest BCUT2D eigenvalue weighted by Crippen LogP contribution is -2.35. The van der Waals surface area contributed by atoms with Crippen molar-refractivity contribution in [3.05, 3.63) is 63.6 Å². The van der Waals surface area contributed by atoms with Gasteiger partial charge in [0.25, 0.3) is 10.0 Å². The highest BCUT2D eigenvalue weighted by Gasteiger charge is 2.16. The normalized spacial score (nSPS) is 11.2. The monoisotopic (exact) mass is 420 g/mol. The highest BCUT2D eigenvalue weighted by atomic mass is 35.5. The first-order chi connectivity index (χ1) is 11.8. The Kier molecular flexibility index (Phi) is 6.59. The summed E-state index contributed by atoms with van der Waals surface area (Å²) >= 11 is 17.9. The molecule has 5 nitrogen and oxygen atoms in total. The number of hydrogen-bond acceptors (Lipinski definition) is 4. The van der Waals surface area contributed by atoms with Crippen LogP contribution in [0.25, 0.3) is 5.70 Å². The molecule has 0 aliphatic heterocycles. The van der Waals surface area contributed by atoms with Gasteiger partial charge in [-0.15, -0.1) is 4.83 Å². The third-order valence-corrected chi connectivity index (χ3v) is 5.70. The molecule has 2 N–H and O–H groups in total. The third kappa shape index (κ3) is 4.80. The quantitative estimate of drug-likeness (QED) is 0.510. The van der Waals surface area contributed by atoms with Gasteiger partial charge in [-0.05, 0) is 43.3 Å². The lowest BCUT2D eigenvalue weighted by molar-refractivity contribution is 0.340. The summed E-state index contributed by atoms with van der Waals surface area (Å²) in [5.74, 6) is 0.585. The standard InChI is InChI=1S/C16H15Cl3N2O3S/c1-3-24-11-4-6-12(7-5-11)25(22,23)21-20-10(2)13-8-9-14(17)16(19)15(13)18/h4-9,20-21H,2-3H2,1H3. The van der Waals surface area contributed by atoms with Gasteiger partial charge in [0.15, 0.2) is 0 Å². The Morgan fingerprint density at radius 2 is 1.72 bits per heavy atom. The molecule has 0 heterocycles. The van der Waals surface area contributed by atoms with E-state index < -0.39 is 10.0 Å². The predicted molar refractivity (Wildman–Crippen MR) is 102 cm³/mol. The van der Waals surface area contributed by atoms with Crippen LogP contribution in [0.3, 0.4) is 0 Å². The Hall–Kier alpha value is -1.44. The van der Waals surface area contributed by atoms with E-state index in [1.807, 2.05) is 6.92 Å². The second-order valence-corrected chi connectivity index (χ2v) is 7.68. The Balaban J connectivity index is 2.11. The molecule has 0 radical (unpaired) electrons. The first-order valence-corrected chi connectivity index (χ1v) is 9.71. The number of benzene rings is 2. The van der Waals surface area contributed by atoms with Crippen molar-refractivity contribution in [3.63, 3.8) is 0 Å². The van der Waals surface area contributed by atoms with E-state index in [1.54, 1.807) is 24.3 Å². The molecule has 0 atom stereocenters. The minimum Gasteiger partial charge on any atom is -0.494 e. The van der Waals surface area contributed by atoms with E-state index >= 15 is 0 Å². The summed E-state index contributed by atoms with van der Waals surface area (Å²) in [6.07, 6.45) is 0. The molecule has 0 spiro atoms. The van der Waals surface area contributed by atoms with E-state index in [9.17, 15) is 8.42 Å². The Labute approximate surface area is 161 Å². The van der Waals surface area contributed by atoms with Crippen molar-refractivity contribution >= 4 is 50.5 Å². The molecule has 0 aromatic heterocycles. The van der Waals surface area contributed by atoms with Gasteiger partial charge in [-0.2, -0.15) is 0 Å². The predicted octanol–water partition coefficient (Wildman–Crippen LogP) is 4.50. The molecule has 0 aliphatic carbocycles. The third-order valence-electron chi connectivity index (χ3n) is 3.14. The smallest absolute Gasteiger partial charge is 0.257 e. The molecule has 25 heavy (non-hydrogen) atoms. The van der Waals surface area contributed by atoms with Crippen LogP contribution in [-0.4, -0.2) is 15.0 Å². The molecule has 0 unspecified atom stereocenters. The number of rotatable bonds is 7. The summed E-state index contributed by atoms with van der Waals surface area (Å²) in [5, 5.41) is 0.628. The second kappa shape index (κ2) is 8.29. The number of hydrazine groups is 1. The molecule has 2 aromatic carbocycles. The van der Waals surface area contributed by atoms with Crippen molar-refractivity contribution in [1.29, 1.82) is 0 Å². The molecule has 0 amide bonds. The molecule has 2 rings (SSSR count). The number of sulfonamides is 1. The van der Waals surface area contributed by atoms with Crippen molar-refractivity contribution in [2.45, 2.75) is 11.8 Å². The minimum absolute atomic E-state index is 0.0662. The number of nitrogens with one attached hydrogen (secondary N) is 2. The Morgan fingerprint density at radius 1 is 1.08 bits per heavy atom. The fourth-order valence-corrected chi connectivity index (χ4v) is 3.42. The molecule has 0 saturated carbocycles. The number of halogens is 3. The first-order valence-electron chi connectivity index (χ1n) is 7.09. The average Bonchev–Trinajstić information content (AvgIpc) is 2.59. The largest absolute Gasteiger partial charge is 0.494 e. The fraction of sp³-hybridized carbons (Fsp3) is 0.125. The Bertz CT molecular complexity index is 884. The minimum atomic E-state index is -3.81. The average molecular weight is 422 g/mol. The van der Waals surface area contributed by atoms with Gasteiger partial charge in [0.1, 0.15) is 5.75 Å². The highest BCUT2D eigenvalue weighted by Crippen LogP contribution is 2.34. The lowest BCUT2D eigenvalue weighted by Gasteiger charge is -2.14. The lowest BCUT2D eigenvalue weighted by atomic mass is 10.2. The highest BCUT2D eigenvalue weighted by molar-refractivity contribution is 7.89. The zero-order valence-corrected chi connectivity index (χ0v) is 16.2. The van der Waals surface area contributed by atoms with E-state index in [1.165, 1.54) is 12.1 Å². The van der Waals surface area contributed by atoms with E-state index in [-0.39, 0.29) is 25.7 Å². The van der Waals surface area contributed by atoms with Gasteiger partial charge in [-0.25, -0.2) is 8.42 Å². The van der Waals surface area contributed by atoms with Crippen LogP contribution in [0.15, 0.2) is 47.9 Å². The maximum absolute atomic E-state index is 12.3. The summed E-state index contributed by atoms with van der Waals surface area (Å²) in [5.41, 5.74) is 3.16. The van der Waals surface area contributed by atoms with Gasteiger partial charge < -0.3 is 10.2 Å². The maximum Gasteiger partial charge on any atom is 0.257 e. The van der Waals surface area contributed by atoms with Crippen molar-refractivity contribution < 1.29 is 13.2 Å². The van der Waals surface area contributed by atoms with Crippen molar-refractivity contribution in [1.82, 2.24) is 10.3 Å². The van der Waals surface area contributed by atoms with Crippen LogP contribution < -0.4 is 15.0 Å². The summed E-state index contributed by atoms with van der Waals surface area (Å²) in [7, 11) is -3.81. The maximum atomic E-state index is 12.3. The van der Waals surface area contributed by atoms with E-state index in [4.69, 9.17) is 39.5 Å². The molecular weight excluding hydrogens is 407 g/mol. The van der Waals surface area contributed by atoms with Crippen LogP contribution in [-0.2, 0) is 10.0 Å². The van der Waals surface area contributed by atoms with Gasteiger partial charge in [0.05, 0.1) is 32.3 Å². The van der Waals surface area contributed by atoms with Crippen LogP contribution in [0, 0.1) is 0 Å². The zero-order chi connectivity index (χ0) is 18.6. The van der Waals surface area contributed by atoms with Gasteiger partial charge in [0, 0.05) is 5.56 Å². The van der Waals surface area contributed by atoms with Gasteiger partial charge in [0.2, 0.25) is 0 Å². The summed E-state index contributed by atoms with van der Waals surface area (Å²) < 4.78 is 29.9. The molecule has 0 fully saturated rings. The van der Waals surface area contributed by atoms with Crippen LogP contribution >= 0.6 is 34.8 Å². The van der Waals surface area contributed by atoms with Crippen LogP contribution in [0.1, 0.15) is 12.5 Å². The van der Waals surface area contributed by atoms with Gasteiger partial charge in [-0.3, -0.25) is 0 Å². The van der Waals surface area contributed by atoms with Crippen molar-refractivity contribution in [3.8, 4) is 5.75 Å². The van der Waals surface area contributed by atoms with Crippen LogP contribution in [0.4, 0.5) is 0 Å². The van der Waals surface area contributed by atoms with Crippen molar-refractivity contribution in [2.75, 3.05) is 6.61 Å². The van der Waals surface area contributed by atoms with Crippen LogP contribution in [0.2, 0.25) is 15.1 Å². The Morgan fingerprint density at radius 3 is 2.32 bits per heavy atom. The molecule has 0 saturated heterocycles. The molecule has 2 aromatic rings. The van der Waals surface area contributed by atoms with E-state index in [0.29, 0.717) is 17.9 Å². The SMILES string of the molecule is C=C(NNS(=O)(=O)c1ccc(OCC)cc1)c1ccc(Cl)c(Cl)c1Cl. The number of ether oxygens (including phenoxy) is 1. The van der Waals surface area contributed by atoms with E-state index in [0.717, 1.165) is 0 Å². The summed E-state index contributed by atoms with van der Waals surface area (Å²) in [6, 6.07) is 9.13.